The van der Waals surface area contributed by atoms with E-state index < -0.39 is 0 Å². The molecule has 0 aliphatic carbocycles. The lowest BCUT2D eigenvalue weighted by Crippen LogP contribution is -2.40. The second-order valence-corrected chi connectivity index (χ2v) is 7.27. The maximum Gasteiger partial charge on any atom is 0.416 e. The number of pyridine rings is 1. The minimum absolute atomic E-state index is 0.273. The van der Waals surface area contributed by atoms with Crippen LogP contribution in [-0.2, 0) is 9.47 Å². The molecule has 4 heterocycles. The Bertz CT molecular complexity index is 607. The van der Waals surface area contributed by atoms with Crippen LogP contribution in [0.15, 0.2) is 18.3 Å². The second kappa shape index (κ2) is 6.33. The molecule has 0 radical (unpaired) electrons. The van der Waals surface area contributed by atoms with Gasteiger partial charge in [0.05, 0.1) is 19.8 Å². The Morgan fingerprint density at radius 3 is 2.75 bits per heavy atom. The van der Waals surface area contributed by atoms with Crippen LogP contribution >= 0.6 is 0 Å². The third-order valence-electron chi connectivity index (χ3n) is 5.61. The summed E-state index contributed by atoms with van der Waals surface area (Å²) in [5, 5.41) is 0. The first kappa shape index (κ1) is 15.8. The molecule has 6 heteroatoms. The topological polar surface area (TPSA) is 54.9 Å². The molecular weight excluding hydrogens is 306 g/mol. The summed E-state index contributed by atoms with van der Waals surface area (Å²) in [6, 6.07) is 4.17. The van der Waals surface area contributed by atoms with Crippen LogP contribution in [0.3, 0.4) is 0 Å². The first-order valence-electron chi connectivity index (χ1n) is 8.88. The standard InChI is InChI=1S/C18H25N3O3/c1-20-8-3-14(4-9-20)15-2-7-19-16(12-15)21-13-18(24-17(21)22)5-10-23-11-6-18/h2,7,12,14H,3-6,8-11,13H2,1H3. The number of amides is 1. The summed E-state index contributed by atoms with van der Waals surface area (Å²) < 4.78 is 11.1. The molecule has 130 valence electrons. The summed E-state index contributed by atoms with van der Waals surface area (Å²) in [5.74, 6) is 1.28. The van der Waals surface area contributed by atoms with Crippen LogP contribution < -0.4 is 4.90 Å². The smallest absolute Gasteiger partial charge is 0.416 e. The van der Waals surface area contributed by atoms with E-state index in [0.717, 1.165) is 44.6 Å². The van der Waals surface area contributed by atoms with E-state index >= 15 is 0 Å². The maximum atomic E-state index is 12.4. The summed E-state index contributed by atoms with van der Waals surface area (Å²) in [5.41, 5.74) is 0.898. The Balaban J connectivity index is 1.52. The lowest BCUT2D eigenvalue weighted by atomic mass is 9.90. The van der Waals surface area contributed by atoms with Gasteiger partial charge in [-0.05, 0) is 56.6 Å². The lowest BCUT2D eigenvalue weighted by Gasteiger charge is -2.30. The monoisotopic (exact) mass is 331 g/mol. The molecule has 0 unspecified atom stereocenters. The second-order valence-electron chi connectivity index (χ2n) is 7.27. The van der Waals surface area contributed by atoms with E-state index in [1.807, 2.05) is 6.20 Å². The fourth-order valence-corrected chi connectivity index (χ4v) is 3.98. The van der Waals surface area contributed by atoms with Crippen LogP contribution in [0, 0.1) is 0 Å². The summed E-state index contributed by atoms with van der Waals surface area (Å²) in [6.07, 6.45) is 5.40. The van der Waals surface area contributed by atoms with Gasteiger partial charge in [0, 0.05) is 19.0 Å². The quantitative estimate of drug-likeness (QED) is 0.833. The van der Waals surface area contributed by atoms with E-state index in [-0.39, 0.29) is 11.7 Å². The Labute approximate surface area is 142 Å². The molecular formula is C18H25N3O3. The highest BCUT2D eigenvalue weighted by Crippen LogP contribution is 2.36. The number of nitrogens with zero attached hydrogens (tertiary/aromatic N) is 3. The molecule has 1 aromatic rings. The number of piperidine rings is 1. The largest absolute Gasteiger partial charge is 0.440 e. The molecule has 1 aromatic heterocycles. The van der Waals surface area contributed by atoms with Gasteiger partial charge in [-0.15, -0.1) is 0 Å². The van der Waals surface area contributed by atoms with Crippen LogP contribution in [0.1, 0.15) is 37.2 Å². The van der Waals surface area contributed by atoms with Gasteiger partial charge < -0.3 is 14.4 Å². The van der Waals surface area contributed by atoms with E-state index in [1.165, 1.54) is 5.56 Å². The van der Waals surface area contributed by atoms with Gasteiger partial charge in [0.25, 0.3) is 0 Å². The Morgan fingerprint density at radius 1 is 1.25 bits per heavy atom. The first-order chi connectivity index (χ1) is 11.7. The van der Waals surface area contributed by atoms with Crippen molar-refractivity contribution in [3.8, 4) is 0 Å². The Hall–Kier alpha value is -1.66. The van der Waals surface area contributed by atoms with Crippen LogP contribution in [0.5, 0.6) is 0 Å². The minimum atomic E-state index is -0.388. The molecule has 0 aromatic carbocycles. The van der Waals surface area contributed by atoms with Gasteiger partial charge >= 0.3 is 6.09 Å². The summed E-state index contributed by atoms with van der Waals surface area (Å²) in [7, 11) is 2.17. The van der Waals surface area contributed by atoms with Gasteiger partial charge in [0.1, 0.15) is 11.4 Å². The van der Waals surface area contributed by atoms with Gasteiger partial charge in [-0.25, -0.2) is 9.78 Å². The molecule has 0 N–H and O–H groups in total. The Kier molecular flexibility index (Phi) is 4.18. The molecule has 0 bridgehead atoms. The van der Waals surface area contributed by atoms with Crippen molar-refractivity contribution in [1.29, 1.82) is 0 Å². The normalized spacial score (nSPS) is 25.2. The molecule has 3 saturated heterocycles. The number of hydrogen-bond donors (Lipinski definition) is 0. The molecule has 0 saturated carbocycles. The van der Waals surface area contributed by atoms with Crippen molar-refractivity contribution >= 4 is 11.9 Å². The predicted molar refractivity (Wildman–Crippen MR) is 90.3 cm³/mol. The van der Waals surface area contributed by atoms with E-state index in [0.29, 0.717) is 25.7 Å². The van der Waals surface area contributed by atoms with E-state index in [2.05, 4.69) is 29.1 Å². The molecule has 3 fully saturated rings. The molecule has 0 atom stereocenters. The first-order valence-corrected chi connectivity index (χ1v) is 8.88. The van der Waals surface area contributed by atoms with Gasteiger partial charge in [-0.1, -0.05) is 0 Å². The highest BCUT2D eigenvalue weighted by atomic mass is 16.6. The zero-order chi connectivity index (χ0) is 16.6. The van der Waals surface area contributed by atoms with Crippen LogP contribution in [0.4, 0.5) is 10.6 Å². The molecule has 4 rings (SSSR count). The van der Waals surface area contributed by atoms with Crippen molar-refractivity contribution < 1.29 is 14.3 Å². The number of aromatic nitrogens is 1. The number of carbonyl (C=O) groups is 1. The maximum absolute atomic E-state index is 12.4. The molecule has 6 nitrogen and oxygen atoms in total. The lowest BCUT2D eigenvalue weighted by molar-refractivity contribution is -0.0431. The van der Waals surface area contributed by atoms with Gasteiger partial charge in [-0.3, -0.25) is 4.90 Å². The number of hydrogen-bond acceptors (Lipinski definition) is 5. The van der Waals surface area contributed by atoms with Gasteiger partial charge in [0.15, 0.2) is 0 Å². The fourth-order valence-electron chi connectivity index (χ4n) is 3.98. The highest BCUT2D eigenvalue weighted by molar-refractivity contribution is 5.89. The van der Waals surface area contributed by atoms with Crippen molar-refractivity contribution in [2.24, 2.45) is 0 Å². The van der Waals surface area contributed by atoms with Crippen LogP contribution in [-0.4, -0.2) is 61.5 Å². The van der Waals surface area contributed by atoms with Gasteiger partial charge in [-0.2, -0.15) is 0 Å². The summed E-state index contributed by atoms with van der Waals surface area (Å²) >= 11 is 0. The summed E-state index contributed by atoms with van der Waals surface area (Å²) in [6.45, 7) is 4.14. The van der Waals surface area contributed by atoms with Gasteiger partial charge in [0.2, 0.25) is 0 Å². The SMILES string of the molecule is CN1CCC(c2ccnc(N3CC4(CCOCC4)OC3=O)c2)CC1. The zero-order valence-corrected chi connectivity index (χ0v) is 14.2. The molecule has 24 heavy (non-hydrogen) atoms. The van der Waals surface area contributed by atoms with Crippen molar-refractivity contribution in [2.75, 3.05) is 44.8 Å². The van der Waals surface area contributed by atoms with E-state index in [9.17, 15) is 4.79 Å². The average Bonchev–Trinajstić information content (AvgIpc) is 2.92. The number of likely N-dealkylation sites (tertiary alicyclic amines) is 1. The predicted octanol–water partition coefficient (Wildman–Crippen LogP) is 2.40. The average molecular weight is 331 g/mol. The van der Waals surface area contributed by atoms with Crippen molar-refractivity contribution in [3.05, 3.63) is 23.9 Å². The minimum Gasteiger partial charge on any atom is -0.440 e. The number of carbonyl (C=O) groups excluding carboxylic acids is 1. The highest BCUT2D eigenvalue weighted by Gasteiger charge is 2.47. The molecule has 1 amide bonds. The van der Waals surface area contributed by atoms with Crippen molar-refractivity contribution in [2.45, 2.75) is 37.2 Å². The Morgan fingerprint density at radius 2 is 2.00 bits per heavy atom. The molecule has 3 aliphatic heterocycles. The van der Waals surface area contributed by atoms with Crippen LogP contribution in [0.25, 0.3) is 0 Å². The number of rotatable bonds is 2. The third-order valence-corrected chi connectivity index (χ3v) is 5.61. The molecule has 3 aliphatic rings. The van der Waals surface area contributed by atoms with E-state index in [1.54, 1.807) is 4.90 Å². The van der Waals surface area contributed by atoms with Crippen molar-refractivity contribution in [1.82, 2.24) is 9.88 Å². The molecule has 1 spiro atoms. The fraction of sp³-hybridized carbons (Fsp3) is 0.667. The van der Waals surface area contributed by atoms with Crippen LogP contribution in [0.2, 0.25) is 0 Å². The zero-order valence-electron chi connectivity index (χ0n) is 14.2. The third kappa shape index (κ3) is 3.00. The van der Waals surface area contributed by atoms with E-state index in [4.69, 9.17) is 9.47 Å². The number of ether oxygens (including phenoxy) is 2. The summed E-state index contributed by atoms with van der Waals surface area (Å²) in [4.78, 5) is 20.9. The number of anilines is 1. The van der Waals surface area contributed by atoms with Crippen molar-refractivity contribution in [3.63, 3.8) is 0 Å².